The van der Waals surface area contributed by atoms with Crippen molar-refractivity contribution < 1.29 is 24.6 Å². The number of amides is 1. The number of halogens is 1. The van der Waals surface area contributed by atoms with Crippen molar-refractivity contribution in [3.63, 3.8) is 0 Å². The minimum absolute atomic E-state index is 0.000886. The van der Waals surface area contributed by atoms with Crippen LogP contribution in [0.2, 0.25) is 5.02 Å². The van der Waals surface area contributed by atoms with E-state index in [1.165, 1.54) is 0 Å². The van der Waals surface area contributed by atoms with Crippen LogP contribution in [0.25, 0.3) is 0 Å². The Morgan fingerprint density at radius 3 is 2.65 bits per heavy atom. The third kappa shape index (κ3) is 8.35. The van der Waals surface area contributed by atoms with Gasteiger partial charge in [0.15, 0.2) is 12.4 Å². The highest BCUT2D eigenvalue weighted by Crippen LogP contribution is 2.38. The quantitative estimate of drug-likeness (QED) is 0.348. The molecule has 0 saturated carbocycles. The van der Waals surface area contributed by atoms with Crippen LogP contribution in [0.1, 0.15) is 81.1 Å². The van der Waals surface area contributed by atoms with Gasteiger partial charge in [0, 0.05) is 32.0 Å². The molecule has 1 aromatic rings. The number of nitrogens with zero attached hydrogens (tertiary/aromatic N) is 2. The molecule has 0 radical (unpaired) electrons. The molecule has 202 valence electrons. The first-order valence-corrected chi connectivity index (χ1v) is 13.7. The predicted octanol–water partition coefficient (Wildman–Crippen LogP) is 6.21. The second-order valence-electron chi connectivity index (χ2n) is 10.1. The summed E-state index contributed by atoms with van der Waals surface area (Å²) in [6, 6.07) is 1.11. The van der Waals surface area contributed by atoms with Crippen molar-refractivity contribution >= 4 is 29.0 Å². The van der Waals surface area contributed by atoms with E-state index in [4.69, 9.17) is 16.4 Å². The molecule has 2 atom stereocenters. The molecule has 1 aliphatic carbocycles. The molecule has 1 amide bonds. The Kier molecular flexibility index (Phi) is 11.1. The van der Waals surface area contributed by atoms with E-state index in [2.05, 4.69) is 31.2 Å². The maximum absolute atomic E-state index is 13.4. The normalized spacial score (nSPS) is 24.2. The van der Waals surface area contributed by atoms with Crippen LogP contribution in [0.4, 0.5) is 0 Å². The number of piperidine rings is 1. The molecule has 8 heteroatoms. The van der Waals surface area contributed by atoms with Crippen LogP contribution < -0.4 is 0 Å². The molecule has 1 aliphatic heterocycles. The van der Waals surface area contributed by atoms with Gasteiger partial charge in [-0.2, -0.15) is 0 Å². The second-order valence-corrected chi connectivity index (χ2v) is 10.5. The Morgan fingerprint density at radius 1 is 1.16 bits per heavy atom. The third-order valence-corrected chi connectivity index (χ3v) is 7.38. The van der Waals surface area contributed by atoms with Crippen molar-refractivity contribution in [3.8, 4) is 11.5 Å². The van der Waals surface area contributed by atoms with Crippen molar-refractivity contribution in [1.82, 2.24) is 4.90 Å². The lowest BCUT2D eigenvalue weighted by Crippen LogP contribution is -2.37. The summed E-state index contributed by atoms with van der Waals surface area (Å²) in [6.07, 6.45) is 14.9. The molecule has 0 aromatic heterocycles. The van der Waals surface area contributed by atoms with Crippen LogP contribution in [0.15, 0.2) is 35.5 Å². The number of hydrogen-bond acceptors (Lipinski definition) is 6. The van der Waals surface area contributed by atoms with E-state index in [9.17, 15) is 19.8 Å². The third-order valence-electron chi connectivity index (χ3n) is 6.96. The molecule has 2 aliphatic rings. The van der Waals surface area contributed by atoms with E-state index >= 15 is 0 Å². The summed E-state index contributed by atoms with van der Waals surface area (Å²) in [5, 5.41) is 25.2. The van der Waals surface area contributed by atoms with Gasteiger partial charge in [0.05, 0.1) is 16.3 Å². The largest absolute Gasteiger partial charge is 0.507 e. The van der Waals surface area contributed by atoms with Gasteiger partial charge < -0.3 is 20.0 Å². The van der Waals surface area contributed by atoms with Crippen LogP contribution >= 0.6 is 11.6 Å². The molecular weight excluding hydrogens is 492 g/mol. The van der Waals surface area contributed by atoms with Crippen molar-refractivity contribution in [2.24, 2.45) is 17.0 Å². The lowest BCUT2D eigenvalue weighted by molar-refractivity contribution is -0.137. The molecule has 7 nitrogen and oxygen atoms in total. The number of benzene rings is 1. The fourth-order valence-corrected chi connectivity index (χ4v) is 5.16. The van der Waals surface area contributed by atoms with Gasteiger partial charge in [-0.05, 0) is 62.0 Å². The average molecular weight is 531 g/mol. The summed E-state index contributed by atoms with van der Waals surface area (Å²) in [5.74, 6) is -0.522. The van der Waals surface area contributed by atoms with E-state index in [-0.39, 0.29) is 59.1 Å². The minimum Gasteiger partial charge on any atom is -0.507 e. The summed E-state index contributed by atoms with van der Waals surface area (Å²) in [5.41, 5.74) is 0.837. The van der Waals surface area contributed by atoms with Crippen LogP contribution in [0, 0.1) is 11.8 Å². The monoisotopic (exact) mass is 530 g/mol. The van der Waals surface area contributed by atoms with Crippen LogP contribution in [-0.2, 0) is 16.1 Å². The van der Waals surface area contributed by atoms with Crippen molar-refractivity contribution in [1.29, 1.82) is 0 Å². The topological polar surface area (TPSA) is 99.4 Å². The summed E-state index contributed by atoms with van der Waals surface area (Å²) < 4.78 is 0. The van der Waals surface area contributed by atoms with Crippen molar-refractivity contribution in [2.45, 2.75) is 71.6 Å². The average Bonchev–Trinajstić information content (AvgIpc) is 2.87. The van der Waals surface area contributed by atoms with Gasteiger partial charge in [-0.15, -0.1) is 0 Å². The molecule has 0 bridgehead atoms. The van der Waals surface area contributed by atoms with Gasteiger partial charge in [0.1, 0.15) is 11.5 Å². The molecule has 37 heavy (non-hydrogen) atoms. The van der Waals surface area contributed by atoms with E-state index < -0.39 is 0 Å². The first-order chi connectivity index (χ1) is 17.8. The second kappa shape index (κ2) is 14.2. The Hall–Kier alpha value is -2.80. The maximum Gasteiger partial charge on any atom is 0.263 e. The summed E-state index contributed by atoms with van der Waals surface area (Å²) in [6.45, 7) is 5.49. The van der Waals surface area contributed by atoms with Crippen LogP contribution in [0.5, 0.6) is 11.5 Å². The number of Topliss-reactive ketones (excluding diaryl/α,β-unsaturated/α-hetero) is 1. The molecule has 1 fully saturated rings. The molecule has 1 heterocycles. The molecular formula is C29H39ClN2O5. The standard InChI is InChI=1S/C29H39ClN2O5/c1-3-9-21-12-7-10-20(2)11-8-13-22(31-37-19-27(36)32-14-5-4-6-15-32)17-23-28(24(33)16-21)25(34)18-26(35)29(23)30/h7-8,10,13,18,20-21,34-35H,3-6,9,11-12,14-17,19H2,1-2H3/b10-7+,13-8+,31-22+. The first kappa shape index (κ1) is 28.8. The van der Waals surface area contributed by atoms with Crippen LogP contribution in [-0.4, -0.2) is 52.2 Å². The fourth-order valence-electron chi connectivity index (χ4n) is 4.95. The van der Waals surface area contributed by atoms with Crippen LogP contribution in [0.3, 0.4) is 0 Å². The molecule has 3 rings (SSSR count). The number of carbonyl (C=O) groups excluding carboxylic acids is 2. The molecule has 0 spiro atoms. The number of hydrogen-bond donors (Lipinski definition) is 2. The number of ketones is 1. The van der Waals surface area contributed by atoms with E-state index in [0.29, 0.717) is 17.2 Å². The van der Waals surface area contributed by atoms with E-state index in [1.54, 1.807) is 11.0 Å². The van der Waals surface area contributed by atoms with Crippen molar-refractivity contribution in [3.05, 3.63) is 46.5 Å². The number of oxime groups is 1. The number of allylic oxidation sites excluding steroid dienone is 4. The van der Waals surface area contributed by atoms with Gasteiger partial charge in [0.25, 0.3) is 5.91 Å². The first-order valence-electron chi connectivity index (χ1n) is 13.4. The number of aromatic hydroxyl groups is 2. The van der Waals surface area contributed by atoms with Gasteiger partial charge in [0.2, 0.25) is 0 Å². The Labute approximate surface area is 224 Å². The molecule has 2 N–H and O–H groups in total. The molecule has 2 unspecified atom stereocenters. The number of carbonyl (C=O) groups is 2. The summed E-state index contributed by atoms with van der Waals surface area (Å²) in [4.78, 5) is 33.2. The van der Waals surface area contributed by atoms with Gasteiger partial charge in [-0.1, -0.05) is 55.3 Å². The number of rotatable bonds is 5. The van der Waals surface area contributed by atoms with E-state index in [1.807, 2.05) is 6.08 Å². The summed E-state index contributed by atoms with van der Waals surface area (Å²) >= 11 is 6.47. The molecule has 1 aromatic carbocycles. The minimum atomic E-state index is -0.307. The Morgan fingerprint density at radius 2 is 1.92 bits per heavy atom. The zero-order chi connectivity index (χ0) is 26.8. The highest BCUT2D eigenvalue weighted by atomic mass is 35.5. The zero-order valence-corrected chi connectivity index (χ0v) is 22.7. The smallest absolute Gasteiger partial charge is 0.263 e. The van der Waals surface area contributed by atoms with Gasteiger partial charge in [-0.3, -0.25) is 9.59 Å². The molecule has 1 saturated heterocycles. The number of fused-ring (bicyclic) bond motifs is 1. The van der Waals surface area contributed by atoms with Gasteiger partial charge in [-0.25, -0.2) is 0 Å². The lowest BCUT2D eigenvalue weighted by atomic mass is 9.88. The predicted molar refractivity (Wildman–Crippen MR) is 146 cm³/mol. The fraction of sp³-hybridized carbons (Fsp3) is 0.552. The zero-order valence-electron chi connectivity index (χ0n) is 21.9. The highest BCUT2D eigenvalue weighted by molar-refractivity contribution is 6.33. The Balaban J connectivity index is 1.93. The highest BCUT2D eigenvalue weighted by Gasteiger charge is 2.25. The Bertz CT molecular complexity index is 1040. The number of phenols is 2. The number of phenolic OH excluding ortho intramolecular Hbond substituents is 2. The van der Waals surface area contributed by atoms with Crippen molar-refractivity contribution in [2.75, 3.05) is 19.7 Å². The van der Waals surface area contributed by atoms with Gasteiger partial charge >= 0.3 is 0 Å². The summed E-state index contributed by atoms with van der Waals surface area (Å²) in [7, 11) is 0. The number of likely N-dealkylation sites (tertiary alicyclic amines) is 1. The van der Waals surface area contributed by atoms with E-state index in [0.717, 1.165) is 64.1 Å². The lowest BCUT2D eigenvalue weighted by Gasteiger charge is -2.26. The SMILES string of the molecule is CCCC1C/C=C/C(C)C/C=C/C(=N\OCC(=O)N2CCCCC2)Cc2c(Cl)c(O)cc(O)c2C(=O)C1. The maximum atomic E-state index is 13.4.